The van der Waals surface area contributed by atoms with Crippen molar-refractivity contribution in [1.29, 1.82) is 0 Å². The van der Waals surface area contributed by atoms with Crippen molar-refractivity contribution in [1.82, 2.24) is 9.03 Å². The van der Waals surface area contributed by atoms with Crippen LogP contribution in [-0.4, -0.2) is 46.5 Å². The summed E-state index contributed by atoms with van der Waals surface area (Å²) in [5.74, 6) is 0. The Labute approximate surface area is 149 Å². The molecule has 1 aromatic rings. The topological polar surface area (TPSA) is 83.6 Å². The maximum Gasteiger partial charge on any atom is 0.240 e. The summed E-state index contributed by atoms with van der Waals surface area (Å²) >= 11 is 5.76. The van der Waals surface area contributed by atoms with Gasteiger partial charge in [0, 0.05) is 24.2 Å². The van der Waals surface area contributed by atoms with E-state index in [-0.39, 0.29) is 24.0 Å². The van der Waals surface area contributed by atoms with E-state index >= 15 is 0 Å². The summed E-state index contributed by atoms with van der Waals surface area (Å²) in [6.07, 6.45) is 5.97. The fourth-order valence-electron chi connectivity index (χ4n) is 2.98. The second-order valence-electron chi connectivity index (χ2n) is 6.02. The second-order valence-corrected chi connectivity index (χ2v) is 10.2. The smallest absolute Gasteiger partial charge is 0.212 e. The van der Waals surface area contributed by atoms with Crippen molar-refractivity contribution in [3.8, 4) is 0 Å². The first-order valence-electron chi connectivity index (χ1n) is 7.92. The lowest BCUT2D eigenvalue weighted by Gasteiger charge is -2.32. The number of halogens is 1. The molecule has 0 spiro atoms. The molecule has 0 aliphatic heterocycles. The lowest BCUT2D eigenvalue weighted by molar-refractivity contribution is 0.257. The van der Waals surface area contributed by atoms with E-state index in [2.05, 4.69) is 4.72 Å². The SMILES string of the molecule is CS(=O)(=O)N(CCNS(=O)(=O)c1ccc(Cl)cc1)C1CCCCC1. The van der Waals surface area contributed by atoms with Crippen LogP contribution >= 0.6 is 11.6 Å². The molecule has 1 aromatic carbocycles. The minimum Gasteiger partial charge on any atom is -0.212 e. The van der Waals surface area contributed by atoms with Crippen LogP contribution in [0, 0.1) is 0 Å². The predicted octanol–water partition coefficient (Wildman–Crippen LogP) is 2.21. The lowest BCUT2D eigenvalue weighted by atomic mass is 9.95. The third-order valence-electron chi connectivity index (χ3n) is 4.16. The summed E-state index contributed by atoms with van der Waals surface area (Å²) in [6.45, 7) is 0.171. The van der Waals surface area contributed by atoms with Gasteiger partial charge in [-0.1, -0.05) is 30.9 Å². The van der Waals surface area contributed by atoms with Crippen LogP contribution in [0.25, 0.3) is 0 Å². The zero-order valence-corrected chi connectivity index (χ0v) is 16.0. The average Bonchev–Trinajstić information content (AvgIpc) is 2.51. The van der Waals surface area contributed by atoms with E-state index in [9.17, 15) is 16.8 Å². The van der Waals surface area contributed by atoms with Crippen LogP contribution in [0.3, 0.4) is 0 Å². The van der Waals surface area contributed by atoms with Gasteiger partial charge in [0.25, 0.3) is 0 Å². The van der Waals surface area contributed by atoms with Crippen LogP contribution in [0.1, 0.15) is 32.1 Å². The molecule has 1 aliphatic rings. The molecule has 0 amide bonds. The van der Waals surface area contributed by atoms with Gasteiger partial charge >= 0.3 is 0 Å². The molecule has 0 aromatic heterocycles. The predicted molar refractivity (Wildman–Crippen MR) is 95.1 cm³/mol. The molecule has 0 atom stereocenters. The highest BCUT2D eigenvalue weighted by Gasteiger charge is 2.28. The molecule has 0 bridgehead atoms. The van der Waals surface area contributed by atoms with E-state index < -0.39 is 20.0 Å². The van der Waals surface area contributed by atoms with Gasteiger partial charge in [-0.15, -0.1) is 0 Å². The van der Waals surface area contributed by atoms with Gasteiger partial charge in [0.05, 0.1) is 11.2 Å². The Morgan fingerprint density at radius 2 is 1.67 bits per heavy atom. The molecule has 1 saturated carbocycles. The van der Waals surface area contributed by atoms with Crippen LogP contribution in [0.4, 0.5) is 0 Å². The number of nitrogens with one attached hydrogen (secondary N) is 1. The lowest BCUT2D eigenvalue weighted by Crippen LogP contribution is -2.44. The summed E-state index contributed by atoms with van der Waals surface area (Å²) in [7, 11) is -7.05. The minimum absolute atomic E-state index is 0.0335. The normalized spacial score (nSPS) is 17.3. The molecule has 0 saturated heterocycles. The second kappa shape index (κ2) is 8.14. The number of sulfonamides is 2. The molecule has 24 heavy (non-hydrogen) atoms. The van der Waals surface area contributed by atoms with E-state index in [0.717, 1.165) is 32.1 Å². The van der Waals surface area contributed by atoms with E-state index in [0.29, 0.717) is 5.02 Å². The summed E-state index contributed by atoms with van der Waals surface area (Å²) in [5, 5.41) is 0.453. The fraction of sp³-hybridized carbons (Fsp3) is 0.600. The van der Waals surface area contributed by atoms with Crippen LogP contribution in [-0.2, 0) is 20.0 Å². The van der Waals surface area contributed by atoms with E-state index in [4.69, 9.17) is 11.6 Å². The first kappa shape index (κ1) is 19.7. The Morgan fingerprint density at radius 3 is 2.21 bits per heavy atom. The molecule has 1 aliphatic carbocycles. The molecular formula is C15H23ClN2O4S2. The Balaban J connectivity index is 2.00. The average molecular weight is 395 g/mol. The van der Waals surface area contributed by atoms with Crippen LogP contribution in [0.5, 0.6) is 0 Å². The highest BCUT2D eigenvalue weighted by Crippen LogP contribution is 2.24. The minimum atomic E-state index is -3.68. The molecule has 0 radical (unpaired) electrons. The van der Waals surface area contributed by atoms with Gasteiger partial charge in [-0.05, 0) is 37.1 Å². The Hall–Kier alpha value is -0.670. The van der Waals surface area contributed by atoms with Gasteiger partial charge in [0.1, 0.15) is 0 Å². The molecule has 136 valence electrons. The first-order chi connectivity index (χ1) is 11.2. The third kappa shape index (κ3) is 5.42. The highest BCUT2D eigenvalue weighted by atomic mass is 35.5. The van der Waals surface area contributed by atoms with Gasteiger partial charge in [0.15, 0.2) is 0 Å². The standard InChI is InChI=1S/C15H23ClN2O4S2/c1-23(19,20)18(14-5-3-2-4-6-14)12-11-17-24(21,22)15-9-7-13(16)8-10-15/h7-10,14,17H,2-6,11-12H2,1H3. The Morgan fingerprint density at radius 1 is 1.08 bits per heavy atom. The van der Waals surface area contributed by atoms with Crippen molar-refractivity contribution in [3.63, 3.8) is 0 Å². The summed E-state index contributed by atoms with van der Waals surface area (Å²) < 4.78 is 52.4. The summed E-state index contributed by atoms with van der Waals surface area (Å²) in [6, 6.07) is 5.80. The van der Waals surface area contributed by atoms with Crippen molar-refractivity contribution in [2.75, 3.05) is 19.3 Å². The molecule has 1 fully saturated rings. The first-order valence-corrected chi connectivity index (χ1v) is 11.6. The molecule has 2 rings (SSSR count). The van der Waals surface area contributed by atoms with Crippen molar-refractivity contribution in [3.05, 3.63) is 29.3 Å². The van der Waals surface area contributed by atoms with Crippen molar-refractivity contribution < 1.29 is 16.8 Å². The number of nitrogens with zero attached hydrogens (tertiary/aromatic N) is 1. The van der Waals surface area contributed by atoms with Crippen molar-refractivity contribution >= 4 is 31.6 Å². The molecule has 6 nitrogen and oxygen atoms in total. The van der Waals surface area contributed by atoms with Crippen LogP contribution in [0.15, 0.2) is 29.2 Å². The van der Waals surface area contributed by atoms with Gasteiger partial charge < -0.3 is 0 Å². The molecular weight excluding hydrogens is 372 g/mol. The zero-order valence-electron chi connectivity index (χ0n) is 13.6. The van der Waals surface area contributed by atoms with Crippen molar-refractivity contribution in [2.45, 2.75) is 43.0 Å². The van der Waals surface area contributed by atoms with Crippen LogP contribution in [0.2, 0.25) is 5.02 Å². The van der Waals surface area contributed by atoms with Crippen molar-refractivity contribution in [2.24, 2.45) is 0 Å². The maximum atomic E-state index is 12.2. The van der Waals surface area contributed by atoms with E-state index in [1.54, 1.807) is 0 Å². The number of benzene rings is 1. The van der Waals surface area contributed by atoms with Gasteiger partial charge in [-0.3, -0.25) is 0 Å². The number of hydrogen-bond acceptors (Lipinski definition) is 4. The molecule has 0 heterocycles. The van der Waals surface area contributed by atoms with Gasteiger partial charge in [-0.2, -0.15) is 4.31 Å². The largest absolute Gasteiger partial charge is 0.240 e. The molecule has 9 heteroatoms. The third-order valence-corrected chi connectivity index (χ3v) is 7.22. The van der Waals surface area contributed by atoms with Gasteiger partial charge in [-0.25, -0.2) is 21.6 Å². The zero-order chi connectivity index (χ0) is 17.8. The van der Waals surface area contributed by atoms with E-state index in [1.807, 2.05) is 0 Å². The number of hydrogen-bond donors (Lipinski definition) is 1. The molecule has 1 N–H and O–H groups in total. The van der Waals surface area contributed by atoms with E-state index in [1.165, 1.54) is 34.8 Å². The maximum absolute atomic E-state index is 12.2. The Kier molecular flexibility index (Phi) is 6.66. The highest BCUT2D eigenvalue weighted by molar-refractivity contribution is 7.89. The summed E-state index contributed by atoms with van der Waals surface area (Å²) in [5.41, 5.74) is 0. The fourth-order valence-corrected chi connectivity index (χ4v) is 5.30. The monoisotopic (exact) mass is 394 g/mol. The van der Waals surface area contributed by atoms with Crippen LogP contribution < -0.4 is 4.72 Å². The number of rotatable bonds is 7. The van der Waals surface area contributed by atoms with Gasteiger partial charge in [0.2, 0.25) is 20.0 Å². The summed E-state index contributed by atoms with van der Waals surface area (Å²) in [4.78, 5) is 0.107. The Bertz CT molecular complexity index is 742. The molecule has 0 unspecified atom stereocenters. The quantitative estimate of drug-likeness (QED) is 0.768.